The van der Waals surface area contributed by atoms with E-state index in [1.165, 1.54) is 32.1 Å². The van der Waals surface area contributed by atoms with E-state index in [4.69, 9.17) is 4.74 Å². The van der Waals surface area contributed by atoms with Crippen LogP contribution < -0.4 is 0 Å². The molecule has 0 bridgehead atoms. The molecule has 0 saturated carbocycles. The molecule has 0 spiro atoms. The second-order valence-electron chi connectivity index (χ2n) is 6.71. The lowest BCUT2D eigenvalue weighted by Crippen LogP contribution is -2.45. The maximum absolute atomic E-state index is 11.9. The highest BCUT2D eigenvalue weighted by Crippen LogP contribution is 2.33. The van der Waals surface area contributed by atoms with Crippen molar-refractivity contribution in [2.75, 3.05) is 13.1 Å². The van der Waals surface area contributed by atoms with Crippen molar-refractivity contribution >= 4 is 5.97 Å². The second kappa shape index (κ2) is 6.05. The van der Waals surface area contributed by atoms with Gasteiger partial charge in [-0.3, -0.25) is 9.69 Å². The van der Waals surface area contributed by atoms with Crippen LogP contribution in [0.2, 0.25) is 0 Å². The van der Waals surface area contributed by atoms with Crippen molar-refractivity contribution in [3.63, 3.8) is 0 Å². The first kappa shape index (κ1) is 15.5. The van der Waals surface area contributed by atoms with Crippen LogP contribution in [0.4, 0.5) is 0 Å². The third-order valence-electron chi connectivity index (χ3n) is 3.72. The quantitative estimate of drug-likeness (QED) is 0.705. The summed E-state index contributed by atoms with van der Waals surface area (Å²) in [5, 5.41) is 0. The predicted octanol–water partition coefficient (Wildman–Crippen LogP) is 3.37. The molecule has 0 N–H and O–H groups in total. The first-order valence-corrected chi connectivity index (χ1v) is 7.24. The third-order valence-corrected chi connectivity index (χ3v) is 3.72. The zero-order valence-corrected chi connectivity index (χ0v) is 12.7. The van der Waals surface area contributed by atoms with Gasteiger partial charge >= 0.3 is 5.97 Å². The Balaban J connectivity index is 2.52. The lowest BCUT2D eigenvalue weighted by Gasteiger charge is -2.35. The van der Waals surface area contributed by atoms with E-state index in [0.29, 0.717) is 6.54 Å². The summed E-state index contributed by atoms with van der Waals surface area (Å²) in [4.78, 5) is 14.2. The molecule has 0 aromatic heterocycles. The van der Waals surface area contributed by atoms with Gasteiger partial charge in [-0.05, 0) is 53.5 Å². The highest BCUT2D eigenvalue weighted by atomic mass is 16.6. The molecule has 1 aliphatic rings. The summed E-state index contributed by atoms with van der Waals surface area (Å²) in [6, 6.07) is 0. The summed E-state index contributed by atoms with van der Waals surface area (Å²) in [5.41, 5.74) is -0.177. The third kappa shape index (κ3) is 4.60. The summed E-state index contributed by atoms with van der Waals surface area (Å²) in [7, 11) is 0. The van der Waals surface area contributed by atoms with E-state index >= 15 is 0 Å². The standard InChI is InChI=1S/C15H29NO2/c1-6-7-9-15(5)10-8-11-16(15)12-13(17)18-14(2,3)4/h6-12H2,1-5H3. The van der Waals surface area contributed by atoms with E-state index in [1.807, 2.05) is 20.8 Å². The molecule has 3 heteroatoms. The Morgan fingerprint density at radius 1 is 1.39 bits per heavy atom. The van der Waals surface area contributed by atoms with Gasteiger partial charge in [-0.1, -0.05) is 19.8 Å². The lowest BCUT2D eigenvalue weighted by molar-refractivity contribution is -0.157. The molecule has 1 heterocycles. The molecule has 0 aliphatic carbocycles. The Morgan fingerprint density at radius 3 is 2.61 bits per heavy atom. The number of carbonyl (C=O) groups is 1. The Morgan fingerprint density at radius 2 is 2.06 bits per heavy atom. The van der Waals surface area contributed by atoms with E-state index in [1.54, 1.807) is 0 Å². The van der Waals surface area contributed by atoms with Crippen molar-refractivity contribution in [1.29, 1.82) is 0 Å². The Kier molecular flexibility index (Phi) is 5.20. The minimum atomic E-state index is -0.378. The molecule has 3 nitrogen and oxygen atoms in total. The van der Waals surface area contributed by atoms with Gasteiger partial charge in [-0.15, -0.1) is 0 Å². The molecule has 0 aromatic rings. The van der Waals surface area contributed by atoms with Crippen molar-refractivity contribution in [3.05, 3.63) is 0 Å². The number of carbonyl (C=O) groups excluding carboxylic acids is 1. The van der Waals surface area contributed by atoms with Gasteiger partial charge in [0.2, 0.25) is 0 Å². The van der Waals surface area contributed by atoms with Gasteiger partial charge in [0.25, 0.3) is 0 Å². The van der Waals surface area contributed by atoms with Gasteiger partial charge in [-0.25, -0.2) is 0 Å². The Bertz CT molecular complexity index is 283. The number of likely N-dealkylation sites (tertiary alicyclic amines) is 1. The van der Waals surface area contributed by atoms with Crippen LogP contribution in [-0.4, -0.2) is 35.1 Å². The summed E-state index contributed by atoms with van der Waals surface area (Å²) >= 11 is 0. The van der Waals surface area contributed by atoms with Crippen molar-refractivity contribution in [2.24, 2.45) is 0 Å². The number of rotatable bonds is 5. The van der Waals surface area contributed by atoms with Crippen molar-refractivity contribution in [3.8, 4) is 0 Å². The highest BCUT2D eigenvalue weighted by Gasteiger charge is 2.37. The summed E-state index contributed by atoms with van der Waals surface area (Å²) in [6.07, 6.45) is 6.04. The molecular formula is C15H29NO2. The van der Waals surface area contributed by atoms with Crippen molar-refractivity contribution < 1.29 is 9.53 Å². The molecule has 0 aromatic carbocycles. The summed E-state index contributed by atoms with van der Waals surface area (Å²) in [5.74, 6) is -0.0906. The van der Waals surface area contributed by atoms with E-state index in [9.17, 15) is 4.79 Å². The van der Waals surface area contributed by atoms with Crippen LogP contribution in [0, 0.1) is 0 Å². The van der Waals surface area contributed by atoms with Crippen LogP contribution in [0.15, 0.2) is 0 Å². The number of hydrogen-bond donors (Lipinski definition) is 0. The van der Waals surface area contributed by atoms with Crippen LogP contribution in [0.1, 0.15) is 66.7 Å². The van der Waals surface area contributed by atoms with Crippen LogP contribution in [-0.2, 0) is 9.53 Å². The zero-order valence-electron chi connectivity index (χ0n) is 12.7. The molecule has 106 valence electrons. The largest absolute Gasteiger partial charge is 0.459 e. The van der Waals surface area contributed by atoms with Gasteiger partial charge in [0.1, 0.15) is 5.60 Å². The first-order chi connectivity index (χ1) is 8.27. The molecule has 1 aliphatic heterocycles. The number of ether oxygens (including phenoxy) is 1. The topological polar surface area (TPSA) is 29.5 Å². The molecule has 1 unspecified atom stereocenters. The molecule has 1 saturated heterocycles. The highest BCUT2D eigenvalue weighted by molar-refractivity contribution is 5.72. The molecule has 18 heavy (non-hydrogen) atoms. The zero-order chi connectivity index (χ0) is 13.8. The van der Waals surface area contributed by atoms with Crippen molar-refractivity contribution in [2.45, 2.75) is 77.9 Å². The fraction of sp³-hybridized carbons (Fsp3) is 0.933. The maximum atomic E-state index is 11.9. The SMILES string of the molecule is CCCCC1(C)CCCN1CC(=O)OC(C)(C)C. The fourth-order valence-electron chi connectivity index (χ4n) is 2.72. The normalized spacial score (nSPS) is 25.4. The molecule has 0 radical (unpaired) electrons. The minimum Gasteiger partial charge on any atom is -0.459 e. The number of nitrogens with zero attached hydrogens (tertiary/aromatic N) is 1. The lowest BCUT2D eigenvalue weighted by atomic mass is 9.92. The molecule has 0 amide bonds. The predicted molar refractivity (Wildman–Crippen MR) is 74.6 cm³/mol. The average molecular weight is 255 g/mol. The maximum Gasteiger partial charge on any atom is 0.320 e. The van der Waals surface area contributed by atoms with Gasteiger partial charge < -0.3 is 4.74 Å². The number of esters is 1. The van der Waals surface area contributed by atoms with Gasteiger partial charge in [0.05, 0.1) is 6.54 Å². The molecule has 1 atom stereocenters. The fourth-order valence-corrected chi connectivity index (χ4v) is 2.72. The average Bonchev–Trinajstić information content (AvgIpc) is 2.55. The van der Waals surface area contributed by atoms with Gasteiger partial charge in [-0.2, -0.15) is 0 Å². The monoisotopic (exact) mass is 255 g/mol. The van der Waals surface area contributed by atoms with E-state index in [2.05, 4.69) is 18.7 Å². The van der Waals surface area contributed by atoms with Crippen LogP contribution in [0.5, 0.6) is 0 Å². The van der Waals surface area contributed by atoms with Crippen molar-refractivity contribution in [1.82, 2.24) is 4.90 Å². The Hall–Kier alpha value is -0.570. The number of unbranched alkanes of at least 4 members (excludes halogenated alkanes) is 1. The van der Waals surface area contributed by atoms with E-state index in [-0.39, 0.29) is 17.1 Å². The van der Waals surface area contributed by atoms with E-state index < -0.39 is 0 Å². The molecule has 1 rings (SSSR count). The molecule has 1 fully saturated rings. The summed E-state index contributed by atoms with van der Waals surface area (Å²) in [6.45, 7) is 11.7. The number of hydrogen-bond acceptors (Lipinski definition) is 3. The summed E-state index contributed by atoms with van der Waals surface area (Å²) < 4.78 is 5.42. The van der Waals surface area contributed by atoms with Crippen LogP contribution in [0.25, 0.3) is 0 Å². The van der Waals surface area contributed by atoms with Gasteiger partial charge in [0, 0.05) is 5.54 Å². The van der Waals surface area contributed by atoms with Gasteiger partial charge in [0.15, 0.2) is 0 Å². The smallest absolute Gasteiger partial charge is 0.320 e. The van der Waals surface area contributed by atoms with Crippen LogP contribution in [0.3, 0.4) is 0 Å². The Labute approximate surface area is 112 Å². The molecular weight excluding hydrogens is 226 g/mol. The first-order valence-electron chi connectivity index (χ1n) is 7.24. The van der Waals surface area contributed by atoms with E-state index in [0.717, 1.165) is 6.54 Å². The van der Waals surface area contributed by atoms with Crippen LogP contribution >= 0.6 is 0 Å². The second-order valence-corrected chi connectivity index (χ2v) is 6.71. The minimum absolute atomic E-state index is 0.0906.